The Labute approximate surface area is 163 Å². The van der Waals surface area contributed by atoms with Gasteiger partial charge in [-0.25, -0.2) is 9.59 Å². The number of ketones is 2. The minimum atomic E-state index is -0.681. The average Bonchev–Trinajstić information content (AvgIpc) is 2.72. The minimum absolute atomic E-state index is 0.0282. The SMILES string of the molecule is O=C(CCCCCC(=O)c1ccc(C(=O)CCCCCC(=O)OO)cc1)OO. The molecule has 2 N–H and O–H groups in total. The van der Waals surface area contributed by atoms with Crippen LogP contribution in [-0.2, 0) is 19.4 Å². The number of Topliss-reactive ketones (excluding diaryl/α,β-unsaturated/α-hetero) is 2. The van der Waals surface area contributed by atoms with Crippen LogP contribution in [0.3, 0.4) is 0 Å². The van der Waals surface area contributed by atoms with Crippen molar-refractivity contribution >= 4 is 23.5 Å². The highest BCUT2D eigenvalue weighted by atomic mass is 17.1. The average molecular weight is 394 g/mol. The van der Waals surface area contributed by atoms with Crippen molar-refractivity contribution in [3.8, 4) is 0 Å². The van der Waals surface area contributed by atoms with Crippen molar-refractivity contribution in [1.29, 1.82) is 0 Å². The first kappa shape index (κ1) is 23.5. The lowest BCUT2D eigenvalue weighted by Crippen LogP contribution is -2.03. The molecule has 0 aliphatic carbocycles. The predicted octanol–water partition coefficient (Wildman–Crippen LogP) is 3.99. The number of hydrogen-bond donors (Lipinski definition) is 2. The Bertz CT molecular complexity index is 594. The second-order valence-corrected chi connectivity index (χ2v) is 6.47. The lowest BCUT2D eigenvalue weighted by atomic mass is 9.99. The molecule has 28 heavy (non-hydrogen) atoms. The first-order valence-electron chi connectivity index (χ1n) is 9.33. The van der Waals surface area contributed by atoms with Crippen LogP contribution in [0.15, 0.2) is 24.3 Å². The number of carbonyl (C=O) groups excluding carboxylic acids is 4. The van der Waals surface area contributed by atoms with E-state index in [1.54, 1.807) is 24.3 Å². The van der Waals surface area contributed by atoms with Crippen LogP contribution in [0.25, 0.3) is 0 Å². The summed E-state index contributed by atoms with van der Waals surface area (Å²) in [5.41, 5.74) is 1.07. The predicted molar refractivity (Wildman–Crippen MR) is 98.7 cm³/mol. The highest BCUT2D eigenvalue weighted by molar-refractivity contribution is 5.99. The van der Waals surface area contributed by atoms with E-state index < -0.39 is 11.9 Å². The van der Waals surface area contributed by atoms with E-state index in [0.717, 1.165) is 0 Å². The van der Waals surface area contributed by atoms with Crippen LogP contribution in [0.5, 0.6) is 0 Å². The molecule has 0 heterocycles. The highest BCUT2D eigenvalue weighted by Gasteiger charge is 2.10. The molecule has 8 heteroatoms. The van der Waals surface area contributed by atoms with Gasteiger partial charge in [0, 0.05) is 36.8 Å². The standard InChI is InChI=1S/C20H26O8/c21-17(7-3-1-5-9-19(23)27-25)15-11-13-16(14-12-15)18(22)8-4-2-6-10-20(24)28-26/h11-14,25-26H,1-10H2. The molecular weight excluding hydrogens is 368 g/mol. The summed E-state index contributed by atoms with van der Waals surface area (Å²) in [7, 11) is 0. The topological polar surface area (TPSA) is 127 Å². The smallest absolute Gasteiger partial charge is 0.301 e. The Hall–Kier alpha value is -2.58. The molecule has 0 spiro atoms. The fourth-order valence-corrected chi connectivity index (χ4v) is 2.69. The fraction of sp³-hybridized carbons (Fsp3) is 0.500. The molecule has 0 radical (unpaired) electrons. The Kier molecular flexibility index (Phi) is 11.4. The molecule has 0 bridgehead atoms. The molecule has 154 valence electrons. The molecule has 0 unspecified atom stereocenters. The summed E-state index contributed by atoms with van der Waals surface area (Å²) in [6.07, 6.45) is 4.61. The van der Waals surface area contributed by atoms with E-state index in [0.29, 0.717) is 62.5 Å². The van der Waals surface area contributed by atoms with E-state index in [1.165, 1.54) is 0 Å². The summed E-state index contributed by atoms with van der Waals surface area (Å²) in [6, 6.07) is 6.54. The molecule has 1 rings (SSSR count). The van der Waals surface area contributed by atoms with Gasteiger partial charge in [0.15, 0.2) is 11.6 Å². The van der Waals surface area contributed by atoms with Crippen molar-refractivity contribution in [1.82, 2.24) is 0 Å². The first-order chi connectivity index (χ1) is 13.5. The maximum absolute atomic E-state index is 12.1. The fourth-order valence-electron chi connectivity index (χ4n) is 2.69. The number of rotatable bonds is 14. The summed E-state index contributed by atoms with van der Waals surface area (Å²) >= 11 is 0. The Morgan fingerprint density at radius 2 is 0.893 bits per heavy atom. The van der Waals surface area contributed by atoms with E-state index in [2.05, 4.69) is 9.78 Å². The summed E-state index contributed by atoms with van der Waals surface area (Å²) in [5.74, 6) is -1.42. The summed E-state index contributed by atoms with van der Waals surface area (Å²) in [4.78, 5) is 52.9. The third-order valence-electron chi connectivity index (χ3n) is 4.30. The monoisotopic (exact) mass is 394 g/mol. The molecule has 0 atom stereocenters. The van der Waals surface area contributed by atoms with Crippen LogP contribution < -0.4 is 0 Å². The lowest BCUT2D eigenvalue weighted by molar-refractivity contribution is -0.234. The van der Waals surface area contributed by atoms with Crippen molar-refractivity contribution in [2.24, 2.45) is 0 Å². The number of unbranched alkanes of at least 4 members (excludes halogenated alkanes) is 4. The zero-order valence-corrected chi connectivity index (χ0v) is 15.7. The molecule has 1 aromatic carbocycles. The molecule has 0 aliphatic heterocycles. The van der Waals surface area contributed by atoms with Gasteiger partial charge < -0.3 is 9.78 Å². The van der Waals surface area contributed by atoms with Crippen molar-refractivity contribution in [2.45, 2.75) is 64.2 Å². The van der Waals surface area contributed by atoms with Gasteiger partial charge in [-0.3, -0.25) is 9.59 Å². The van der Waals surface area contributed by atoms with E-state index in [4.69, 9.17) is 10.5 Å². The third-order valence-corrected chi connectivity index (χ3v) is 4.30. The van der Waals surface area contributed by atoms with Crippen molar-refractivity contribution in [3.63, 3.8) is 0 Å². The van der Waals surface area contributed by atoms with E-state index in [9.17, 15) is 19.2 Å². The zero-order valence-electron chi connectivity index (χ0n) is 15.7. The Morgan fingerprint density at radius 3 is 1.21 bits per heavy atom. The van der Waals surface area contributed by atoms with Crippen molar-refractivity contribution in [2.75, 3.05) is 0 Å². The lowest BCUT2D eigenvalue weighted by Gasteiger charge is -2.04. The maximum atomic E-state index is 12.1. The van der Waals surface area contributed by atoms with Crippen LogP contribution in [0, 0.1) is 0 Å². The van der Waals surface area contributed by atoms with Gasteiger partial charge in [-0.2, -0.15) is 10.5 Å². The Balaban J connectivity index is 2.29. The highest BCUT2D eigenvalue weighted by Crippen LogP contribution is 2.14. The van der Waals surface area contributed by atoms with Gasteiger partial charge in [-0.15, -0.1) is 0 Å². The second-order valence-electron chi connectivity index (χ2n) is 6.47. The van der Waals surface area contributed by atoms with Gasteiger partial charge in [0.1, 0.15) is 0 Å². The molecular formula is C20H26O8. The van der Waals surface area contributed by atoms with Crippen LogP contribution in [0.4, 0.5) is 0 Å². The van der Waals surface area contributed by atoms with Gasteiger partial charge in [0.05, 0.1) is 0 Å². The molecule has 0 fully saturated rings. The van der Waals surface area contributed by atoms with E-state index >= 15 is 0 Å². The molecule has 0 saturated heterocycles. The number of benzene rings is 1. The van der Waals surface area contributed by atoms with Crippen molar-refractivity contribution in [3.05, 3.63) is 35.4 Å². The van der Waals surface area contributed by atoms with Gasteiger partial charge in [-0.05, 0) is 25.7 Å². The van der Waals surface area contributed by atoms with Gasteiger partial charge in [0.2, 0.25) is 0 Å². The molecule has 0 saturated carbocycles. The Morgan fingerprint density at radius 1 is 0.571 bits per heavy atom. The summed E-state index contributed by atoms with van der Waals surface area (Å²) in [6.45, 7) is 0. The van der Waals surface area contributed by atoms with Crippen molar-refractivity contribution < 1.29 is 39.5 Å². The summed E-state index contributed by atoms with van der Waals surface area (Å²) < 4.78 is 0. The first-order valence-corrected chi connectivity index (χ1v) is 9.33. The second kappa shape index (κ2) is 13.6. The van der Waals surface area contributed by atoms with Gasteiger partial charge in [0.25, 0.3) is 0 Å². The quantitative estimate of drug-likeness (QED) is 0.210. The molecule has 8 nitrogen and oxygen atoms in total. The molecule has 0 aromatic heterocycles. The summed E-state index contributed by atoms with van der Waals surface area (Å²) in [5, 5.41) is 16.3. The van der Waals surface area contributed by atoms with Gasteiger partial charge in [-0.1, -0.05) is 37.1 Å². The maximum Gasteiger partial charge on any atom is 0.342 e. The molecule has 0 amide bonds. The number of carbonyl (C=O) groups is 4. The van der Waals surface area contributed by atoms with Crippen LogP contribution >= 0.6 is 0 Å². The number of hydrogen-bond acceptors (Lipinski definition) is 8. The zero-order chi connectivity index (χ0) is 20.8. The van der Waals surface area contributed by atoms with Crippen LogP contribution in [-0.4, -0.2) is 34.0 Å². The van der Waals surface area contributed by atoms with Crippen LogP contribution in [0.1, 0.15) is 84.9 Å². The normalized spacial score (nSPS) is 10.4. The largest absolute Gasteiger partial charge is 0.342 e. The van der Waals surface area contributed by atoms with Gasteiger partial charge >= 0.3 is 11.9 Å². The van der Waals surface area contributed by atoms with E-state index in [-0.39, 0.29) is 24.4 Å². The third kappa shape index (κ3) is 9.38. The minimum Gasteiger partial charge on any atom is -0.301 e. The van der Waals surface area contributed by atoms with E-state index in [1.807, 2.05) is 0 Å². The molecule has 0 aliphatic rings. The molecule has 1 aromatic rings. The van der Waals surface area contributed by atoms with Crippen LogP contribution in [0.2, 0.25) is 0 Å².